The molecule has 2 aliphatic rings. The Hall–Kier alpha value is -2.62. The van der Waals surface area contributed by atoms with Crippen LogP contribution in [0.3, 0.4) is 0 Å². The Bertz CT molecular complexity index is 1590. The van der Waals surface area contributed by atoms with Crippen molar-refractivity contribution in [3.05, 3.63) is 41.3 Å². The number of nitroso groups, excluding NO2 is 1. The molecule has 2 saturated heterocycles. The lowest BCUT2D eigenvalue weighted by Gasteiger charge is -2.25. The molecular formula is C31H42BN5O6S2. The van der Waals surface area contributed by atoms with Crippen LogP contribution in [0.4, 0.5) is 11.4 Å². The predicted octanol–water partition coefficient (Wildman–Crippen LogP) is 5.71. The van der Waals surface area contributed by atoms with Gasteiger partial charge in [0.2, 0.25) is 20.0 Å². The van der Waals surface area contributed by atoms with Crippen LogP contribution >= 0.6 is 0 Å². The molecule has 14 heteroatoms. The summed E-state index contributed by atoms with van der Waals surface area (Å²) in [6.07, 6.45) is 9.89. The van der Waals surface area contributed by atoms with Gasteiger partial charge in [0, 0.05) is 47.7 Å². The lowest BCUT2D eigenvalue weighted by Crippen LogP contribution is -2.33. The lowest BCUT2D eigenvalue weighted by atomic mass is 9.99. The van der Waals surface area contributed by atoms with E-state index in [-0.39, 0.29) is 15.5 Å². The summed E-state index contributed by atoms with van der Waals surface area (Å²) in [5.74, 6) is 0. The van der Waals surface area contributed by atoms with Crippen LogP contribution in [0.5, 0.6) is 0 Å². The highest BCUT2D eigenvalue weighted by Crippen LogP contribution is 2.43. The number of nitrogens with one attached hydrogen (secondary N) is 2. The number of benzene rings is 3. The summed E-state index contributed by atoms with van der Waals surface area (Å²) in [6.45, 7) is 2.59. The molecule has 0 aromatic heterocycles. The highest BCUT2D eigenvalue weighted by Gasteiger charge is 2.28. The molecule has 11 nitrogen and oxygen atoms in total. The zero-order valence-corrected chi connectivity index (χ0v) is 27.3. The second-order valence-electron chi connectivity index (χ2n) is 11.8. The second kappa shape index (κ2) is 15.3. The predicted molar refractivity (Wildman–Crippen MR) is 179 cm³/mol. The largest absolute Gasteiger partial charge is 0.366 e. The van der Waals surface area contributed by atoms with E-state index in [2.05, 4.69) is 15.9 Å². The second-order valence-corrected chi connectivity index (χ2v) is 15.7. The van der Waals surface area contributed by atoms with E-state index in [1.165, 1.54) is 20.7 Å². The normalized spacial score (nSPS) is 18.2. The zero-order chi connectivity index (χ0) is 31.9. The van der Waals surface area contributed by atoms with Gasteiger partial charge in [-0.1, -0.05) is 50.7 Å². The van der Waals surface area contributed by atoms with E-state index in [0.29, 0.717) is 73.0 Å². The first-order valence-corrected chi connectivity index (χ1v) is 18.9. The summed E-state index contributed by atoms with van der Waals surface area (Å²) in [4.78, 5) is 18.4. The standard InChI is InChI=1S/C31H42BN5O6S2/c32-33-16-11-21-43-35-31-26-14-12-24(44(39,40)36-17-7-3-1-4-8-18-36)22-28(26)30(34-38)29-23-25(13-15-27(29)31)45(41,42)37-19-9-5-2-6-10-20-37/h12-15,22-23,33,35H,1-11,16-21H2. The van der Waals surface area contributed by atoms with Crippen LogP contribution in [0, 0.1) is 4.91 Å². The molecule has 3 aromatic rings. The van der Waals surface area contributed by atoms with Crippen molar-refractivity contribution < 1.29 is 21.7 Å². The lowest BCUT2D eigenvalue weighted by molar-refractivity contribution is 0.192. The Morgan fingerprint density at radius 1 is 0.689 bits per heavy atom. The van der Waals surface area contributed by atoms with E-state index in [1.54, 1.807) is 24.3 Å². The first-order valence-electron chi connectivity index (χ1n) is 16.0. The Morgan fingerprint density at radius 2 is 1.13 bits per heavy atom. The first-order chi connectivity index (χ1) is 21.8. The van der Waals surface area contributed by atoms with Crippen molar-refractivity contribution in [1.29, 1.82) is 0 Å². The molecule has 2 N–H and O–H groups in total. The first kappa shape index (κ1) is 33.7. The molecule has 0 saturated carbocycles. The van der Waals surface area contributed by atoms with Crippen LogP contribution in [0.2, 0.25) is 0 Å². The Balaban J connectivity index is 1.64. The summed E-state index contributed by atoms with van der Waals surface area (Å²) in [6, 6.07) is 9.34. The molecule has 242 valence electrons. The average Bonchev–Trinajstić information content (AvgIpc) is 2.99. The fourth-order valence-corrected chi connectivity index (χ4v) is 9.37. The molecule has 3 aromatic carbocycles. The number of fused-ring (bicyclic) bond motifs is 2. The topological polar surface area (TPSA) is 137 Å². The summed E-state index contributed by atoms with van der Waals surface area (Å²) >= 11 is 0. The van der Waals surface area contributed by atoms with Gasteiger partial charge >= 0.3 is 0 Å². The van der Waals surface area contributed by atoms with Gasteiger partial charge in [-0.2, -0.15) is 8.61 Å². The molecule has 0 amide bonds. The van der Waals surface area contributed by atoms with Crippen molar-refractivity contribution >= 4 is 60.9 Å². The molecule has 0 spiro atoms. The van der Waals surface area contributed by atoms with Crippen molar-refractivity contribution in [2.45, 2.75) is 80.4 Å². The zero-order valence-electron chi connectivity index (χ0n) is 25.7. The van der Waals surface area contributed by atoms with Gasteiger partial charge in [0.1, 0.15) is 5.69 Å². The van der Waals surface area contributed by atoms with E-state index in [9.17, 15) is 21.7 Å². The summed E-state index contributed by atoms with van der Waals surface area (Å²) in [5, 5.41) is 7.57. The third-order valence-corrected chi connectivity index (χ3v) is 12.6. The number of sulfonamides is 2. The molecule has 2 heterocycles. The Kier molecular flexibility index (Phi) is 11.5. The molecule has 0 unspecified atom stereocenters. The number of rotatable bonds is 11. The minimum atomic E-state index is -3.85. The highest BCUT2D eigenvalue weighted by atomic mass is 32.2. The fourth-order valence-electron chi connectivity index (χ4n) is 6.28. The maximum Gasteiger partial charge on any atom is 0.243 e. The van der Waals surface area contributed by atoms with Gasteiger partial charge in [0.15, 0.2) is 7.98 Å². The molecule has 5 rings (SSSR count). The minimum Gasteiger partial charge on any atom is -0.366 e. The van der Waals surface area contributed by atoms with Gasteiger partial charge in [0.25, 0.3) is 0 Å². The van der Waals surface area contributed by atoms with Gasteiger partial charge in [0.05, 0.1) is 22.1 Å². The summed E-state index contributed by atoms with van der Waals surface area (Å²) in [7, 11) is -2.32. The van der Waals surface area contributed by atoms with Crippen LogP contribution < -0.4 is 10.7 Å². The van der Waals surface area contributed by atoms with Crippen LogP contribution in [0.1, 0.15) is 70.6 Å². The molecule has 45 heavy (non-hydrogen) atoms. The molecule has 0 aliphatic carbocycles. The summed E-state index contributed by atoms with van der Waals surface area (Å²) < 4.78 is 58.3. The van der Waals surface area contributed by atoms with Crippen molar-refractivity contribution in [2.75, 3.05) is 44.8 Å². The average molecular weight is 656 g/mol. The van der Waals surface area contributed by atoms with E-state index >= 15 is 0 Å². The van der Waals surface area contributed by atoms with Crippen molar-refractivity contribution in [3.8, 4) is 0 Å². The highest BCUT2D eigenvalue weighted by molar-refractivity contribution is 7.89. The number of nitrogens with zero attached hydrogens (tertiary/aromatic N) is 3. The molecule has 2 aliphatic heterocycles. The quantitative estimate of drug-likeness (QED) is 0.0882. The smallest absolute Gasteiger partial charge is 0.243 e. The van der Waals surface area contributed by atoms with Crippen LogP contribution in [0.15, 0.2) is 51.4 Å². The van der Waals surface area contributed by atoms with Gasteiger partial charge < -0.3 is 5.23 Å². The van der Waals surface area contributed by atoms with E-state index < -0.39 is 20.0 Å². The maximum atomic E-state index is 13.8. The SMILES string of the molecule is [B]NCCCONc1c2ccc(S(=O)(=O)N3CCCCCCC3)cc2c(N=O)c2cc(S(=O)(=O)N3CCCCCCC3)ccc12. The van der Waals surface area contributed by atoms with E-state index in [1.807, 2.05) is 0 Å². The van der Waals surface area contributed by atoms with Crippen LogP contribution in [-0.4, -0.2) is 72.8 Å². The van der Waals surface area contributed by atoms with Crippen LogP contribution in [0.25, 0.3) is 21.5 Å². The monoisotopic (exact) mass is 655 g/mol. The van der Waals surface area contributed by atoms with E-state index in [0.717, 1.165) is 64.2 Å². The van der Waals surface area contributed by atoms with Crippen molar-refractivity contribution in [1.82, 2.24) is 13.8 Å². The number of hydrogen-bond acceptors (Lipinski definition) is 9. The van der Waals surface area contributed by atoms with Gasteiger partial charge in [-0.05, 0) is 68.1 Å². The third-order valence-electron chi connectivity index (χ3n) is 8.77. The Labute approximate surface area is 267 Å². The van der Waals surface area contributed by atoms with Crippen molar-refractivity contribution in [3.63, 3.8) is 0 Å². The van der Waals surface area contributed by atoms with Crippen molar-refractivity contribution in [2.24, 2.45) is 5.18 Å². The van der Waals surface area contributed by atoms with Gasteiger partial charge in [-0.25, -0.2) is 16.8 Å². The molecule has 0 atom stereocenters. The summed E-state index contributed by atoms with van der Waals surface area (Å²) in [5.41, 5.74) is 3.45. The molecule has 2 radical (unpaired) electrons. The minimum absolute atomic E-state index is 0.0210. The number of anilines is 1. The van der Waals surface area contributed by atoms with Gasteiger partial charge in [-0.15, -0.1) is 4.91 Å². The number of hydrogen-bond donors (Lipinski definition) is 2. The Morgan fingerprint density at radius 3 is 1.56 bits per heavy atom. The fraction of sp³-hybridized carbons (Fsp3) is 0.548. The third kappa shape index (κ3) is 7.52. The van der Waals surface area contributed by atoms with E-state index in [4.69, 9.17) is 12.8 Å². The van der Waals surface area contributed by atoms with Gasteiger partial charge in [-0.3, -0.25) is 10.3 Å². The molecule has 0 bridgehead atoms. The molecule has 2 fully saturated rings. The molecular weight excluding hydrogens is 613 g/mol. The maximum absolute atomic E-state index is 13.8. The van der Waals surface area contributed by atoms with Crippen LogP contribution in [-0.2, 0) is 24.9 Å².